The van der Waals surface area contributed by atoms with Crippen LogP contribution in [0.5, 0.6) is 0 Å². The van der Waals surface area contributed by atoms with E-state index >= 15 is 0 Å². The van der Waals surface area contributed by atoms with Crippen molar-refractivity contribution in [3.05, 3.63) is 214 Å². The number of benzene rings is 4. The molecule has 0 bridgehead atoms. The number of Topliss-reactive ketones (excluding diaryl/α,β-unsaturated/α-hetero) is 6. The van der Waals surface area contributed by atoms with Crippen LogP contribution in [0.25, 0.3) is 0 Å². The van der Waals surface area contributed by atoms with Crippen molar-refractivity contribution in [2.45, 2.75) is 59.8 Å². The van der Waals surface area contributed by atoms with E-state index in [-0.39, 0.29) is 77.1 Å². The zero-order valence-corrected chi connectivity index (χ0v) is 50.4. The lowest BCUT2D eigenvalue weighted by Gasteiger charge is -2.08. The van der Waals surface area contributed by atoms with Gasteiger partial charge in [0.05, 0.1) is 77.1 Å². The van der Waals surface area contributed by atoms with Crippen molar-refractivity contribution in [3.63, 3.8) is 0 Å². The lowest BCUT2D eigenvalue weighted by atomic mass is 10.1. The Labute approximate surface area is 503 Å². The number of anilines is 4. The minimum atomic E-state index is -3.61. The lowest BCUT2D eigenvalue weighted by Crippen LogP contribution is -2.19. The predicted molar refractivity (Wildman–Crippen MR) is 321 cm³/mol. The van der Waals surface area contributed by atoms with Crippen LogP contribution in [0, 0.1) is 23.3 Å². The number of nitrogens with zero attached hydrogens (tertiary/aromatic N) is 4. The number of rotatable bonds is 23. The van der Waals surface area contributed by atoms with Gasteiger partial charge in [0.15, 0.2) is 23.1 Å². The number of carboxylic acid groups (broad SMARTS) is 1. The Hall–Kier alpha value is -9.74. The zero-order chi connectivity index (χ0) is 65.4. The van der Waals surface area contributed by atoms with E-state index < -0.39 is 65.6 Å². The van der Waals surface area contributed by atoms with Gasteiger partial charge in [-0.1, -0.05) is 48.5 Å². The second-order valence-corrected chi connectivity index (χ2v) is 25.1. The average molecular weight is 1280 g/mol. The molecule has 8 aromatic rings. The minimum Gasteiger partial charge on any atom is -0.475 e. The van der Waals surface area contributed by atoms with Gasteiger partial charge >= 0.3 is 5.97 Å². The summed E-state index contributed by atoms with van der Waals surface area (Å²) in [5.74, 6) is -6.12. The third-order valence-corrected chi connectivity index (χ3v) is 13.7. The number of nitrogen functional groups attached to an aromatic ring is 1. The number of ketones is 6. The highest BCUT2D eigenvalue weighted by atomic mass is 32.2. The molecule has 0 amide bonds. The largest absolute Gasteiger partial charge is 0.475 e. The third-order valence-electron chi connectivity index (χ3n) is 11.8. The van der Waals surface area contributed by atoms with Crippen LogP contribution < -0.4 is 19.9 Å². The summed E-state index contributed by atoms with van der Waals surface area (Å²) in [4.78, 5) is 80.6. The molecule has 0 atom stereocenters. The molecule has 4 heterocycles. The number of nitrogens with one attached hydrogen (secondary N) is 3. The van der Waals surface area contributed by atoms with E-state index in [1.165, 1.54) is 121 Å². The first kappa shape index (κ1) is 69.0. The quantitative estimate of drug-likeness (QED) is 0.0174. The molecule has 6 N–H and O–H groups in total. The van der Waals surface area contributed by atoms with E-state index in [2.05, 4.69) is 14.2 Å². The summed E-state index contributed by atoms with van der Waals surface area (Å²) in [5.41, 5.74) is 11.0. The zero-order valence-electron chi connectivity index (χ0n) is 48.0. The molecule has 8 rings (SSSR count). The van der Waals surface area contributed by atoms with Gasteiger partial charge in [-0.05, 0) is 102 Å². The molecule has 4 aromatic carbocycles. The van der Waals surface area contributed by atoms with Crippen molar-refractivity contribution in [1.82, 2.24) is 18.3 Å². The fourth-order valence-electron chi connectivity index (χ4n) is 8.24. The molecule has 0 aliphatic rings. The van der Waals surface area contributed by atoms with Crippen molar-refractivity contribution >= 4 is 93.5 Å². The molecule has 0 saturated heterocycles. The van der Waals surface area contributed by atoms with Gasteiger partial charge in [-0.25, -0.2) is 47.6 Å². The minimum absolute atomic E-state index is 0.0381. The molecule has 0 unspecified atom stereocenters. The van der Waals surface area contributed by atoms with Crippen LogP contribution in [0.2, 0.25) is 0 Å². The summed E-state index contributed by atoms with van der Waals surface area (Å²) in [6.07, 6.45) is 7.90. The maximum Gasteiger partial charge on any atom is 0.372 e. The van der Waals surface area contributed by atoms with Gasteiger partial charge in [0, 0.05) is 64.8 Å². The van der Waals surface area contributed by atoms with Crippen molar-refractivity contribution in [2.75, 3.05) is 38.7 Å². The number of aliphatic carboxylic acids is 1. The van der Waals surface area contributed by atoms with Crippen molar-refractivity contribution in [3.8, 4) is 0 Å². The fraction of sp³-hybridized carbons (Fsp3) is 0.203. The Balaban J connectivity index is 0.000000216. The summed E-state index contributed by atoms with van der Waals surface area (Å²) >= 11 is 0. The number of hydrogen-bond donors (Lipinski definition) is 5. The number of carbonyl (C=O) groups excluding carboxylic acids is 6. The molecular formula is C59H60F4N8O14S3. The summed E-state index contributed by atoms with van der Waals surface area (Å²) in [5, 5.41) is 8.63. The van der Waals surface area contributed by atoms with Gasteiger partial charge in [-0.2, -0.15) is 0 Å². The number of halogens is 4. The molecule has 88 heavy (non-hydrogen) atoms. The van der Waals surface area contributed by atoms with Crippen LogP contribution in [0.15, 0.2) is 146 Å². The van der Waals surface area contributed by atoms with Crippen LogP contribution in [-0.4, -0.2) is 108 Å². The van der Waals surface area contributed by atoms with Crippen molar-refractivity contribution in [1.29, 1.82) is 0 Å². The number of sulfonamides is 3. The number of hydrogen-bond acceptors (Lipinski definition) is 14. The molecule has 0 saturated carbocycles. The third kappa shape index (κ3) is 22.9. The van der Waals surface area contributed by atoms with Crippen LogP contribution in [0.4, 0.5) is 40.3 Å². The number of nitrogens with two attached hydrogens (primary N) is 1. The summed E-state index contributed by atoms with van der Waals surface area (Å²) < 4.78 is 133. The summed E-state index contributed by atoms with van der Waals surface area (Å²) in [6.45, 7) is 5.39. The first-order valence-corrected chi connectivity index (χ1v) is 31.5. The normalized spacial score (nSPS) is 11.1. The molecule has 4 aromatic heterocycles. The molecule has 22 nitrogen and oxygen atoms in total. The Morgan fingerprint density at radius 3 is 0.955 bits per heavy atom. The first-order valence-electron chi connectivity index (χ1n) is 25.8. The smallest absolute Gasteiger partial charge is 0.372 e. The van der Waals surface area contributed by atoms with E-state index in [1.807, 2.05) is 0 Å². The Morgan fingerprint density at radius 1 is 0.420 bits per heavy atom. The Bertz CT molecular complexity index is 4220. The summed E-state index contributed by atoms with van der Waals surface area (Å²) in [7, 11) is -10.5. The van der Waals surface area contributed by atoms with E-state index in [4.69, 9.17) is 10.8 Å². The van der Waals surface area contributed by atoms with Crippen molar-refractivity contribution in [2.24, 2.45) is 0 Å². The molecular weight excluding hydrogens is 1220 g/mol. The molecule has 0 aliphatic carbocycles. The van der Waals surface area contributed by atoms with Crippen molar-refractivity contribution < 1.29 is 81.5 Å². The monoisotopic (exact) mass is 1280 g/mol. The van der Waals surface area contributed by atoms with Gasteiger partial charge in [0.25, 0.3) is 0 Å². The SMILES string of the molecule is CC(=O)CC(=O)c1cc(NS(C)(=O)=O)cn1Cc1ccc(F)cc1.CC(=O)c1cc(N)cn1Cc1ccc(F)cc1.CC(=O)c1cc(NS(C)(=O)=O)cn1Cc1ccc(F)cc1.CS(=O)(=O)Nc1cc(C(=O)CC(=O)C(=O)O)n(Cc2ccc(F)cc2)c1. The molecule has 466 valence electrons. The van der Waals surface area contributed by atoms with E-state index in [1.54, 1.807) is 64.0 Å². The highest BCUT2D eigenvalue weighted by Gasteiger charge is 2.23. The van der Waals surface area contributed by atoms with Crippen LogP contribution in [0.3, 0.4) is 0 Å². The Morgan fingerprint density at radius 2 is 0.682 bits per heavy atom. The predicted octanol–water partition coefficient (Wildman–Crippen LogP) is 8.19. The van der Waals surface area contributed by atoms with Gasteiger partial charge in [0.1, 0.15) is 29.1 Å². The second-order valence-electron chi connectivity index (χ2n) is 19.9. The van der Waals surface area contributed by atoms with Gasteiger partial charge < -0.3 is 29.1 Å². The summed E-state index contributed by atoms with van der Waals surface area (Å²) in [6, 6.07) is 28.9. The molecule has 29 heteroatoms. The standard InChI is InChI=1S/C16H15FN2O6S.C16H17FN2O4S.C14H15FN2O3S.C13H13FN2O/c1-26(24,25)18-12-6-13(14(20)7-15(21)16(22)23)19(9-12)8-10-2-4-11(17)5-3-10;1-11(20)7-16(21)15-8-14(18-24(2,22)23)10-19(15)9-12-3-5-13(17)6-4-12;1-10(18)14-7-13(16-21(2,19)20)9-17(14)8-11-3-5-12(15)6-4-11;1-9(17)13-6-12(15)8-16(13)7-10-2-4-11(14)5-3-10/h2-6,9,18H,7-8H2,1H3,(H,22,23);3-6,8,10,18H,7,9H2,1-2H3;3-7,9,16H,8H2,1-2H3;2-6,8H,7,15H2,1H3. The first-order chi connectivity index (χ1) is 41.0. The number of carbonyl (C=O) groups is 7. The van der Waals surface area contributed by atoms with E-state index in [9.17, 15) is 76.4 Å². The highest BCUT2D eigenvalue weighted by Crippen LogP contribution is 2.23. The maximum absolute atomic E-state index is 13.0. The van der Waals surface area contributed by atoms with Gasteiger partial charge in [-0.3, -0.25) is 42.9 Å². The maximum atomic E-state index is 13.0. The lowest BCUT2D eigenvalue weighted by molar-refractivity contribution is -0.148. The number of aromatic nitrogens is 4. The molecule has 0 radical (unpaired) electrons. The topological polar surface area (TPSA) is 324 Å². The Kier molecular flexibility index (Phi) is 23.6. The highest BCUT2D eigenvalue weighted by molar-refractivity contribution is 7.92. The van der Waals surface area contributed by atoms with E-state index in [0.29, 0.717) is 41.4 Å². The van der Waals surface area contributed by atoms with Gasteiger partial charge in [0.2, 0.25) is 35.9 Å². The molecule has 0 fully saturated rings. The fourth-order valence-corrected chi connectivity index (χ4v) is 9.86. The van der Waals surface area contributed by atoms with Crippen LogP contribution in [-0.2, 0) is 70.6 Å². The van der Waals surface area contributed by atoms with Gasteiger partial charge in [-0.15, -0.1) is 0 Å². The average Bonchev–Trinajstić information content (AvgIpc) is 3.00. The molecule has 0 spiro atoms. The van der Waals surface area contributed by atoms with Crippen LogP contribution >= 0.6 is 0 Å². The van der Waals surface area contributed by atoms with E-state index in [0.717, 1.165) is 35.5 Å². The van der Waals surface area contributed by atoms with Crippen LogP contribution in [0.1, 0.15) is 97.8 Å². The molecule has 0 aliphatic heterocycles. The number of carboxylic acids is 1. The second kappa shape index (κ2) is 30.1.